The van der Waals surface area contributed by atoms with E-state index in [2.05, 4.69) is 5.32 Å². The number of nitrogens with one attached hydrogen (secondary N) is 1. The first-order valence-corrected chi connectivity index (χ1v) is 6.22. The summed E-state index contributed by atoms with van der Waals surface area (Å²) in [5.74, 6) is 0. The molecule has 0 amide bonds. The predicted molar refractivity (Wildman–Crippen MR) is 73.9 cm³/mol. The van der Waals surface area contributed by atoms with Gasteiger partial charge in [0.15, 0.2) is 0 Å². The van der Waals surface area contributed by atoms with E-state index in [1.54, 1.807) is 0 Å². The number of rotatable bonds is 4. The Hall–Kier alpha value is -2.01. The van der Waals surface area contributed by atoms with Crippen LogP contribution in [0.3, 0.4) is 0 Å². The van der Waals surface area contributed by atoms with Crippen LogP contribution in [0.1, 0.15) is 11.1 Å². The molecule has 0 aliphatic rings. The molecule has 0 heterocycles. The molecule has 2 aromatic carbocycles. The Morgan fingerprint density at radius 1 is 0.850 bits per heavy atom. The Balaban J connectivity index is 2.06. The third-order valence-corrected chi connectivity index (χ3v) is 2.89. The molecule has 0 spiro atoms. The van der Waals surface area contributed by atoms with Crippen molar-refractivity contribution in [1.82, 2.24) is 0 Å². The summed E-state index contributed by atoms with van der Waals surface area (Å²) < 4.78 is 37.3. The molecule has 0 saturated heterocycles. The smallest absolute Gasteiger partial charge is 0.356 e. The maximum absolute atomic E-state index is 12.4. The molecule has 0 aromatic heterocycles. The van der Waals surface area contributed by atoms with Crippen molar-refractivity contribution in [2.24, 2.45) is 5.73 Å². The molecule has 0 saturated carbocycles. The van der Waals surface area contributed by atoms with Crippen molar-refractivity contribution < 1.29 is 13.2 Å². The maximum Gasteiger partial charge on any atom is 0.416 e. The van der Waals surface area contributed by atoms with Crippen molar-refractivity contribution in [3.05, 3.63) is 59.7 Å². The van der Waals surface area contributed by atoms with Crippen LogP contribution in [0.15, 0.2) is 48.5 Å². The fourth-order valence-corrected chi connectivity index (χ4v) is 1.83. The molecule has 0 atom stereocenters. The SMILES string of the molecule is NCCc1ccc(Nc2ccc(C(F)(F)F)cc2)cc1. The lowest BCUT2D eigenvalue weighted by atomic mass is 10.1. The molecule has 20 heavy (non-hydrogen) atoms. The number of anilines is 2. The summed E-state index contributed by atoms with van der Waals surface area (Å²) in [5, 5.41) is 3.05. The van der Waals surface area contributed by atoms with Gasteiger partial charge in [-0.05, 0) is 54.9 Å². The Morgan fingerprint density at radius 3 is 1.80 bits per heavy atom. The lowest BCUT2D eigenvalue weighted by Gasteiger charge is -2.10. The molecule has 106 valence electrons. The van der Waals surface area contributed by atoms with Gasteiger partial charge in [0.2, 0.25) is 0 Å². The van der Waals surface area contributed by atoms with Gasteiger partial charge >= 0.3 is 6.18 Å². The zero-order valence-corrected chi connectivity index (χ0v) is 10.7. The van der Waals surface area contributed by atoms with E-state index in [0.717, 1.165) is 29.8 Å². The first-order valence-electron chi connectivity index (χ1n) is 6.22. The van der Waals surface area contributed by atoms with Crippen molar-refractivity contribution in [2.75, 3.05) is 11.9 Å². The van der Waals surface area contributed by atoms with Crippen molar-refractivity contribution in [3.8, 4) is 0 Å². The van der Waals surface area contributed by atoms with Crippen LogP contribution in [0.4, 0.5) is 24.5 Å². The van der Waals surface area contributed by atoms with E-state index in [9.17, 15) is 13.2 Å². The summed E-state index contributed by atoms with van der Waals surface area (Å²) in [7, 11) is 0. The zero-order chi connectivity index (χ0) is 14.6. The van der Waals surface area contributed by atoms with E-state index in [-0.39, 0.29) is 0 Å². The van der Waals surface area contributed by atoms with E-state index < -0.39 is 11.7 Å². The lowest BCUT2D eigenvalue weighted by molar-refractivity contribution is -0.137. The van der Waals surface area contributed by atoms with Gasteiger partial charge < -0.3 is 11.1 Å². The summed E-state index contributed by atoms with van der Waals surface area (Å²) in [4.78, 5) is 0. The molecule has 0 radical (unpaired) electrons. The highest BCUT2D eigenvalue weighted by molar-refractivity contribution is 5.60. The third kappa shape index (κ3) is 3.74. The summed E-state index contributed by atoms with van der Waals surface area (Å²) in [5.41, 5.74) is 7.38. The standard InChI is InChI=1S/C15H15F3N2/c16-15(17,18)12-3-7-14(8-4-12)20-13-5-1-11(2-6-13)9-10-19/h1-8,20H,9-10,19H2. The number of nitrogens with two attached hydrogens (primary N) is 1. The highest BCUT2D eigenvalue weighted by atomic mass is 19.4. The quantitative estimate of drug-likeness (QED) is 0.890. The molecule has 0 unspecified atom stereocenters. The van der Waals surface area contributed by atoms with E-state index in [1.165, 1.54) is 12.1 Å². The number of hydrogen-bond donors (Lipinski definition) is 2. The van der Waals surface area contributed by atoms with Crippen LogP contribution in [-0.2, 0) is 12.6 Å². The Kier molecular flexibility index (Phi) is 4.29. The van der Waals surface area contributed by atoms with Crippen LogP contribution in [0, 0.1) is 0 Å². The molecule has 0 aliphatic heterocycles. The average Bonchev–Trinajstić information content (AvgIpc) is 2.41. The van der Waals surface area contributed by atoms with Crippen LogP contribution in [0.25, 0.3) is 0 Å². The van der Waals surface area contributed by atoms with E-state index in [1.807, 2.05) is 24.3 Å². The van der Waals surface area contributed by atoms with Crippen LogP contribution in [0.2, 0.25) is 0 Å². The minimum absolute atomic E-state index is 0.589. The fourth-order valence-electron chi connectivity index (χ4n) is 1.83. The van der Waals surface area contributed by atoms with Crippen LogP contribution < -0.4 is 11.1 Å². The second kappa shape index (κ2) is 5.96. The second-order valence-electron chi connectivity index (χ2n) is 4.44. The summed E-state index contributed by atoms with van der Waals surface area (Å²) in [6.07, 6.45) is -3.50. The van der Waals surface area contributed by atoms with Gasteiger partial charge in [0.05, 0.1) is 5.56 Å². The number of hydrogen-bond acceptors (Lipinski definition) is 2. The lowest BCUT2D eigenvalue weighted by Crippen LogP contribution is -2.04. The van der Waals surface area contributed by atoms with Gasteiger partial charge in [-0.15, -0.1) is 0 Å². The van der Waals surface area contributed by atoms with Crippen molar-refractivity contribution in [2.45, 2.75) is 12.6 Å². The van der Waals surface area contributed by atoms with Crippen molar-refractivity contribution in [1.29, 1.82) is 0 Å². The third-order valence-electron chi connectivity index (χ3n) is 2.89. The van der Waals surface area contributed by atoms with E-state index in [0.29, 0.717) is 12.2 Å². The molecule has 2 nitrogen and oxygen atoms in total. The minimum atomic E-state index is -4.30. The van der Waals surface area contributed by atoms with E-state index >= 15 is 0 Å². The van der Waals surface area contributed by atoms with Gasteiger partial charge in [-0.1, -0.05) is 12.1 Å². The van der Waals surface area contributed by atoms with E-state index in [4.69, 9.17) is 5.73 Å². The van der Waals surface area contributed by atoms with Crippen LogP contribution in [-0.4, -0.2) is 6.54 Å². The number of alkyl halides is 3. The summed E-state index contributed by atoms with van der Waals surface area (Å²) in [6, 6.07) is 12.6. The average molecular weight is 280 g/mol. The molecule has 0 bridgehead atoms. The second-order valence-corrected chi connectivity index (χ2v) is 4.44. The summed E-state index contributed by atoms with van der Waals surface area (Å²) in [6.45, 7) is 0.589. The maximum atomic E-state index is 12.4. The largest absolute Gasteiger partial charge is 0.416 e. The van der Waals surface area contributed by atoms with Crippen LogP contribution in [0.5, 0.6) is 0 Å². The highest BCUT2D eigenvalue weighted by Crippen LogP contribution is 2.30. The number of benzene rings is 2. The van der Waals surface area contributed by atoms with Crippen molar-refractivity contribution >= 4 is 11.4 Å². The predicted octanol–water partition coefficient (Wildman–Crippen LogP) is 3.95. The molecule has 3 N–H and O–H groups in total. The monoisotopic (exact) mass is 280 g/mol. The minimum Gasteiger partial charge on any atom is -0.356 e. The molecule has 2 rings (SSSR count). The van der Waals surface area contributed by atoms with Gasteiger partial charge in [0.1, 0.15) is 0 Å². The number of halogens is 3. The summed E-state index contributed by atoms with van der Waals surface area (Å²) >= 11 is 0. The van der Waals surface area contributed by atoms with Gasteiger partial charge in [-0.2, -0.15) is 13.2 Å². The first kappa shape index (κ1) is 14.4. The van der Waals surface area contributed by atoms with Gasteiger partial charge in [0, 0.05) is 11.4 Å². The molecular weight excluding hydrogens is 265 g/mol. The van der Waals surface area contributed by atoms with Gasteiger partial charge in [0.25, 0.3) is 0 Å². The van der Waals surface area contributed by atoms with Gasteiger partial charge in [-0.3, -0.25) is 0 Å². The van der Waals surface area contributed by atoms with Crippen LogP contribution >= 0.6 is 0 Å². The molecular formula is C15H15F3N2. The Labute approximate surface area is 115 Å². The van der Waals surface area contributed by atoms with Gasteiger partial charge in [-0.25, -0.2) is 0 Å². The normalized spacial score (nSPS) is 11.4. The topological polar surface area (TPSA) is 38.0 Å². The molecule has 0 fully saturated rings. The zero-order valence-electron chi connectivity index (χ0n) is 10.7. The Morgan fingerprint density at radius 2 is 1.35 bits per heavy atom. The highest BCUT2D eigenvalue weighted by Gasteiger charge is 2.29. The molecule has 5 heteroatoms. The molecule has 2 aromatic rings. The Bertz CT molecular complexity index is 545. The fraction of sp³-hybridized carbons (Fsp3) is 0.200. The first-order chi connectivity index (χ1) is 9.49. The van der Waals surface area contributed by atoms with Crippen molar-refractivity contribution in [3.63, 3.8) is 0 Å². The molecule has 0 aliphatic carbocycles.